The van der Waals surface area contributed by atoms with E-state index in [1.165, 1.54) is 181 Å². The van der Waals surface area contributed by atoms with Crippen LogP contribution in [-0.4, -0.2) is 0 Å². The Balaban J connectivity index is 0.000000108. The summed E-state index contributed by atoms with van der Waals surface area (Å²) >= 11 is 0. The van der Waals surface area contributed by atoms with Crippen molar-refractivity contribution in [3.05, 3.63) is 497 Å². The molecule has 27 rings (SSSR count). The van der Waals surface area contributed by atoms with Gasteiger partial charge in [0.05, 0.1) is 0 Å². The first-order valence-corrected chi connectivity index (χ1v) is 45.6. The van der Waals surface area contributed by atoms with Crippen molar-refractivity contribution >= 4 is 141 Å². The smallest absolute Gasteiger partial charge is 0.143 e. The molecule has 3 nitrogen and oxygen atoms in total. The molecule has 0 saturated heterocycles. The average molecular weight is 1690 g/mol. The highest BCUT2D eigenvalue weighted by Gasteiger charge is 2.26. The summed E-state index contributed by atoms with van der Waals surface area (Å²) in [5.74, 6) is 0. The zero-order valence-electron chi connectivity index (χ0n) is 72.6. The van der Waals surface area contributed by atoms with E-state index in [0.717, 1.165) is 82.5 Å². The molecular formula is C130H82O3. The quantitative estimate of drug-likeness (QED) is 0.121. The van der Waals surface area contributed by atoms with Gasteiger partial charge in [-0.1, -0.05) is 431 Å². The molecular weight excluding hydrogens is 1610 g/mol. The molecule has 0 amide bonds. The molecule has 0 aliphatic rings. The lowest BCUT2D eigenvalue weighted by molar-refractivity contribution is 0.668. The van der Waals surface area contributed by atoms with Crippen LogP contribution in [0.2, 0.25) is 0 Å². The van der Waals surface area contributed by atoms with Crippen molar-refractivity contribution in [2.75, 3.05) is 0 Å². The minimum absolute atomic E-state index is 0.900. The van der Waals surface area contributed by atoms with E-state index < -0.39 is 0 Å². The molecule has 27 aromatic rings. The highest BCUT2D eigenvalue weighted by Crippen LogP contribution is 2.53. The normalized spacial score (nSPS) is 11.6. The highest BCUT2D eigenvalue weighted by molar-refractivity contribution is 6.27. The van der Waals surface area contributed by atoms with Crippen LogP contribution in [0.4, 0.5) is 0 Å². The summed E-state index contributed by atoms with van der Waals surface area (Å²) in [5, 5.41) is 24.2. The van der Waals surface area contributed by atoms with Crippen molar-refractivity contribution in [1.82, 2.24) is 0 Å². The molecule has 0 radical (unpaired) electrons. The van der Waals surface area contributed by atoms with Crippen LogP contribution in [0, 0.1) is 0 Å². The van der Waals surface area contributed by atoms with E-state index in [2.05, 4.69) is 473 Å². The van der Waals surface area contributed by atoms with E-state index in [0.29, 0.717) is 0 Å². The van der Waals surface area contributed by atoms with Crippen LogP contribution in [0.1, 0.15) is 0 Å². The number of fused-ring (bicyclic) bond motifs is 16. The van der Waals surface area contributed by atoms with Gasteiger partial charge in [0.25, 0.3) is 0 Å². The molecule has 3 aromatic heterocycles. The summed E-state index contributed by atoms with van der Waals surface area (Å²) in [6.07, 6.45) is 0. The first-order chi connectivity index (χ1) is 66.0. The minimum Gasteiger partial charge on any atom is -0.456 e. The Bertz CT molecular complexity index is 9050. The zero-order chi connectivity index (χ0) is 87.8. The Morgan fingerprint density at radius 2 is 0.398 bits per heavy atom. The third kappa shape index (κ3) is 13.8. The molecule has 0 saturated carbocycles. The standard InChI is InChI=1S/C48H30O.C44H28O.C38H24O/c1-2-12-31(13-3-1)33-22-25-34(26-23-33)47-38-17-6-8-19-40(38)48(41-20-9-7-18-39(41)47)44-29-43-37-16-10-11-21-45(37)49-46(43)30-42(44)36-27-24-32-14-4-5-15-35(32)28-36;1-3-14-29(15-4-1)31-18-13-19-32(26-31)42-35-21-7-9-23-37(35)43(38-24-10-8-22-36(38)42)33-27-39(30-16-5-2-6-17-30)44-40(28-33)34-20-11-12-25-41(34)45-44;1-2-10-25(11-3-1)26-18-20-27(21-19-26)37-30-13-4-6-15-32(30)38(33-16-7-5-14-31(33)37)28-22-23-36-34(24-28)29-12-8-9-17-35(29)39-36/h1-30H;1-28H;1-24H. The van der Waals surface area contributed by atoms with Gasteiger partial charge in [-0.3, -0.25) is 0 Å². The Hall–Kier alpha value is -17.5. The average Bonchev–Trinajstić information content (AvgIpc) is 1.72. The van der Waals surface area contributed by atoms with Gasteiger partial charge in [0.15, 0.2) is 0 Å². The van der Waals surface area contributed by atoms with Crippen molar-refractivity contribution in [3.8, 4) is 122 Å². The minimum atomic E-state index is 0.900. The van der Waals surface area contributed by atoms with Crippen molar-refractivity contribution in [2.45, 2.75) is 0 Å². The van der Waals surface area contributed by atoms with Crippen LogP contribution in [0.5, 0.6) is 0 Å². The predicted octanol–water partition coefficient (Wildman–Crippen LogP) is 37.2. The summed E-state index contributed by atoms with van der Waals surface area (Å²) < 4.78 is 19.2. The van der Waals surface area contributed by atoms with Crippen molar-refractivity contribution in [2.24, 2.45) is 0 Å². The van der Waals surface area contributed by atoms with Gasteiger partial charge in [-0.05, 0) is 259 Å². The summed E-state index contributed by atoms with van der Waals surface area (Å²) in [6.45, 7) is 0. The van der Waals surface area contributed by atoms with Gasteiger partial charge in [0.2, 0.25) is 0 Å². The van der Waals surface area contributed by atoms with Crippen LogP contribution in [0.15, 0.2) is 511 Å². The van der Waals surface area contributed by atoms with Crippen LogP contribution >= 0.6 is 0 Å². The van der Waals surface area contributed by atoms with Gasteiger partial charge in [-0.2, -0.15) is 0 Å². The van der Waals surface area contributed by atoms with Crippen LogP contribution in [0.25, 0.3) is 264 Å². The van der Waals surface area contributed by atoms with Gasteiger partial charge < -0.3 is 13.3 Å². The van der Waals surface area contributed by atoms with Crippen molar-refractivity contribution < 1.29 is 13.3 Å². The molecule has 0 N–H and O–H groups in total. The maximum absolute atomic E-state index is 6.53. The van der Waals surface area contributed by atoms with Gasteiger partial charge in [-0.25, -0.2) is 0 Å². The van der Waals surface area contributed by atoms with Crippen LogP contribution < -0.4 is 0 Å². The zero-order valence-corrected chi connectivity index (χ0v) is 72.6. The summed E-state index contributed by atoms with van der Waals surface area (Å²) in [4.78, 5) is 0. The number of para-hydroxylation sites is 3. The summed E-state index contributed by atoms with van der Waals surface area (Å²) in [7, 11) is 0. The first kappa shape index (κ1) is 77.8. The van der Waals surface area contributed by atoms with E-state index in [-0.39, 0.29) is 0 Å². The van der Waals surface area contributed by atoms with E-state index >= 15 is 0 Å². The molecule has 24 aromatic carbocycles. The predicted molar refractivity (Wildman–Crippen MR) is 563 cm³/mol. The number of benzene rings is 24. The van der Waals surface area contributed by atoms with Gasteiger partial charge in [-0.15, -0.1) is 0 Å². The largest absolute Gasteiger partial charge is 0.456 e. The number of rotatable bonds is 11. The Morgan fingerprint density at radius 1 is 0.105 bits per heavy atom. The van der Waals surface area contributed by atoms with Crippen LogP contribution in [-0.2, 0) is 0 Å². The number of furan rings is 3. The van der Waals surface area contributed by atoms with Gasteiger partial charge in [0, 0.05) is 37.9 Å². The molecule has 620 valence electrons. The first-order valence-electron chi connectivity index (χ1n) is 45.6. The fourth-order valence-corrected chi connectivity index (χ4v) is 20.9. The van der Waals surface area contributed by atoms with Gasteiger partial charge >= 0.3 is 0 Å². The van der Waals surface area contributed by atoms with E-state index in [9.17, 15) is 0 Å². The molecule has 0 unspecified atom stereocenters. The van der Waals surface area contributed by atoms with Crippen molar-refractivity contribution in [3.63, 3.8) is 0 Å². The maximum Gasteiger partial charge on any atom is 0.143 e. The third-order valence-corrected chi connectivity index (χ3v) is 27.0. The second-order valence-corrected chi connectivity index (χ2v) is 34.6. The fourth-order valence-electron chi connectivity index (χ4n) is 20.9. The molecule has 0 spiro atoms. The number of hydrogen-bond donors (Lipinski definition) is 0. The highest BCUT2D eigenvalue weighted by atomic mass is 16.3. The Labute approximate surface area is 768 Å². The van der Waals surface area contributed by atoms with Crippen LogP contribution in [0.3, 0.4) is 0 Å². The van der Waals surface area contributed by atoms with Gasteiger partial charge in [0.1, 0.15) is 33.5 Å². The molecule has 133 heavy (non-hydrogen) atoms. The topological polar surface area (TPSA) is 39.4 Å². The van der Waals surface area contributed by atoms with Crippen molar-refractivity contribution in [1.29, 1.82) is 0 Å². The lowest BCUT2D eigenvalue weighted by Gasteiger charge is -2.20. The molecule has 0 fully saturated rings. The fraction of sp³-hybridized carbons (Fsp3) is 0. The summed E-state index contributed by atoms with van der Waals surface area (Å²) in [5.41, 5.74) is 32.2. The monoisotopic (exact) mass is 1690 g/mol. The molecule has 0 aliphatic carbocycles. The maximum atomic E-state index is 6.53. The van der Waals surface area contributed by atoms with E-state index in [1.807, 2.05) is 24.3 Å². The Morgan fingerprint density at radius 3 is 0.865 bits per heavy atom. The number of hydrogen-bond acceptors (Lipinski definition) is 3. The lowest BCUT2D eigenvalue weighted by atomic mass is 9.83. The molecule has 3 heteroatoms. The van der Waals surface area contributed by atoms with E-state index in [1.54, 1.807) is 0 Å². The SMILES string of the molecule is c1ccc(-c2ccc(-c3c4ccccc4c(-c4cc5c(cc4-c4ccc6ccccc6c4)oc4ccccc45)c4ccccc34)cc2)cc1.c1ccc(-c2ccc(-c3c4ccccc4c(-c4ccc5oc6ccccc6c5c4)c4ccccc34)cc2)cc1.c1ccc(-c2cccc(-c3c4ccccc4c(-c4cc(-c5ccccc5)c5oc6ccccc6c5c4)c4ccccc34)c2)cc1. The molecule has 3 heterocycles. The molecule has 0 atom stereocenters. The molecule has 0 aliphatic heterocycles. The molecule has 0 bridgehead atoms. The second-order valence-electron chi connectivity index (χ2n) is 34.6. The Kier molecular flexibility index (Phi) is 19.3. The lowest BCUT2D eigenvalue weighted by Crippen LogP contribution is -1.93. The van der Waals surface area contributed by atoms with E-state index in [4.69, 9.17) is 13.3 Å². The third-order valence-electron chi connectivity index (χ3n) is 27.0. The summed E-state index contributed by atoms with van der Waals surface area (Å²) in [6, 6.07) is 179. The second kappa shape index (κ2) is 33.0.